The van der Waals surface area contributed by atoms with Crippen molar-refractivity contribution in [3.05, 3.63) is 12.2 Å². The van der Waals surface area contributed by atoms with E-state index < -0.39 is 5.41 Å². The van der Waals surface area contributed by atoms with E-state index in [0.717, 1.165) is 19.3 Å². The molecule has 1 aromatic heterocycles. The zero-order chi connectivity index (χ0) is 13.0. The van der Waals surface area contributed by atoms with Gasteiger partial charge >= 0.3 is 0 Å². The highest BCUT2D eigenvalue weighted by molar-refractivity contribution is 5.85. The minimum absolute atomic E-state index is 0.0962. The van der Waals surface area contributed by atoms with Crippen LogP contribution in [0.5, 0.6) is 0 Å². The molecule has 0 saturated heterocycles. The van der Waals surface area contributed by atoms with Gasteiger partial charge in [-0.15, -0.1) is 0 Å². The molecule has 1 heterocycles. The van der Waals surface area contributed by atoms with Gasteiger partial charge in [-0.1, -0.05) is 19.3 Å². The summed E-state index contributed by atoms with van der Waals surface area (Å²) in [6, 6.07) is 2.24. The maximum absolute atomic E-state index is 12.4. The van der Waals surface area contributed by atoms with Crippen molar-refractivity contribution in [2.24, 2.45) is 5.41 Å². The lowest BCUT2D eigenvalue weighted by Crippen LogP contribution is -2.42. The predicted molar refractivity (Wildman–Crippen MR) is 64.0 cm³/mol. The van der Waals surface area contributed by atoms with Crippen LogP contribution in [0.3, 0.4) is 0 Å². The van der Waals surface area contributed by atoms with E-state index in [2.05, 4.69) is 21.3 Å². The molecule has 2 rings (SSSR count). The van der Waals surface area contributed by atoms with Crippen molar-refractivity contribution in [2.75, 3.05) is 7.05 Å². The summed E-state index contributed by atoms with van der Waals surface area (Å²) in [7, 11) is 1.71. The second-order valence-corrected chi connectivity index (χ2v) is 4.85. The molecular formula is C12H17N5O. The monoisotopic (exact) mass is 247 g/mol. The maximum Gasteiger partial charge on any atom is 0.243 e. The van der Waals surface area contributed by atoms with Gasteiger partial charge in [-0.3, -0.25) is 9.89 Å². The average molecular weight is 247 g/mol. The molecule has 6 nitrogen and oxygen atoms in total. The van der Waals surface area contributed by atoms with Crippen molar-refractivity contribution in [2.45, 2.75) is 38.6 Å². The molecule has 0 unspecified atom stereocenters. The highest BCUT2D eigenvalue weighted by atomic mass is 16.2. The molecule has 0 spiro atoms. The number of nitriles is 1. The SMILES string of the molecule is CN(Cc1ncn[nH]1)C(=O)C1(C#N)CCCCC1. The summed E-state index contributed by atoms with van der Waals surface area (Å²) in [5, 5.41) is 15.8. The number of aromatic amines is 1. The molecule has 1 aromatic rings. The summed E-state index contributed by atoms with van der Waals surface area (Å²) < 4.78 is 0. The van der Waals surface area contributed by atoms with E-state index in [9.17, 15) is 10.1 Å². The first-order chi connectivity index (χ1) is 8.68. The van der Waals surface area contributed by atoms with E-state index in [-0.39, 0.29) is 5.91 Å². The first-order valence-corrected chi connectivity index (χ1v) is 6.19. The van der Waals surface area contributed by atoms with Crippen molar-refractivity contribution in [3.63, 3.8) is 0 Å². The minimum Gasteiger partial charge on any atom is -0.337 e. The number of carbonyl (C=O) groups is 1. The number of aromatic nitrogens is 3. The van der Waals surface area contributed by atoms with Crippen LogP contribution < -0.4 is 0 Å². The van der Waals surface area contributed by atoms with Gasteiger partial charge in [0.15, 0.2) is 0 Å². The van der Waals surface area contributed by atoms with E-state index in [1.165, 1.54) is 6.33 Å². The summed E-state index contributed by atoms with van der Waals surface area (Å²) in [4.78, 5) is 18.0. The van der Waals surface area contributed by atoms with Crippen molar-refractivity contribution in [1.29, 1.82) is 5.26 Å². The molecule has 96 valence electrons. The van der Waals surface area contributed by atoms with Crippen molar-refractivity contribution in [3.8, 4) is 6.07 Å². The van der Waals surface area contributed by atoms with Crippen molar-refractivity contribution < 1.29 is 4.79 Å². The first kappa shape index (κ1) is 12.6. The third-order valence-electron chi connectivity index (χ3n) is 3.53. The quantitative estimate of drug-likeness (QED) is 0.870. The summed E-state index contributed by atoms with van der Waals surface area (Å²) in [5.41, 5.74) is -0.826. The summed E-state index contributed by atoms with van der Waals surface area (Å²) in [6.45, 7) is 0.363. The van der Waals surface area contributed by atoms with Crippen LogP contribution in [-0.4, -0.2) is 33.0 Å². The van der Waals surface area contributed by atoms with Gasteiger partial charge < -0.3 is 4.90 Å². The summed E-state index contributed by atoms with van der Waals surface area (Å²) in [5.74, 6) is 0.538. The Labute approximate surface area is 106 Å². The Bertz CT molecular complexity index is 442. The van der Waals surface area contributed by atoms with Crippen LogP contribution in [0.25, 0.3) is 0 Å². The molecule has 0 aromatic carbocycles. The Morgan fingerprint density at radius 3 is 2.83 bits per heavy atom. The van der Waals surface area contributed by atoms with Gasteiger partial charge in [0.25, 0.3) is 0 Å². The highest BCUT2D eigenvalue weighted by Gasteiger charge is 2.41. The van der Waals surface area contributed by atoms with Crippen LogP contribution in [0.4, 0.5) is 0 Å². The maximum atomic E-state index is 12.4. The van der Waals surface area contributed by atoms with Crippen molar-refractivity contribution >= 4 is 5.91 Å². The molecule has 0 atom stereocenters. The smallest absolute Gasteiger partial charge is 0.243 e. The van der Waals surface area contributed by atoms with E-state index in [1.807, 2.05) is 0 Å². The van der Waals surface area contributed by atoms with Gasteiger partial charge in [0.2, 0.25) is 5.91 Å². The van der Waals surface area contributed by atoms with E-state index in [0.29, 0.717) is 25.2 Å². The van der Waals surface area contributed by atoms with Crippen LogP contribution in [0, 0.1) is 16.7 Å². The molecule has 0 aliphatic heterocycles. The molecular weight excluding hydrogens is 230 g/mol. The largest absolute Gasteiger partial charge is 0.337 e. The Morgan fingerprint density at radius 1 is 1.56 bits per heavy atom. The average Bonchev–Trinajstić information content (AvgIpc) is 2.91. The van der Waals surface area contributed by atoms with Gasteiger partial charge in [-0.2, -0.15) is 10.4 Å². The third kappa shape index (κ3) is 2.35. The van der Waals surface area contributed by atoms with Crippen molar-refractivity contribution in [1.82, 2.24) is 20.1 Å². The van der Waals surface area contributed by atoms with E-state index in [4.69, 9.17) is 0 Å². The lowest BCUT2D eigenvalue weighted by atomic mass is 9.74. The Hall–Kier alpha value is -1.90. The number of hydrogen-bond donors (Lipinski definition) is 1. The number of hydrogen-bond acceptors (Lipinski definition) is 4. The molecule has 1 aliphatic carbocycles. The van der Waals surface area contributed by atoms with E-state index >= 15 is 0 Å². The molecule has 1 amide bonds. The van der Waals surface area contributed by atoms with E-state index in [1.54, 1.807) is 11.9 Å². The molecule has 6 heteroatoms. The standard InChI is InChI=1S/C12H17N5O/c1-17(7-10-14-9-15-16-10)11(18)12(8-13)5-3-2-4-6-12/h9H,2-7H2,1H3,(H,14,15,16). The number of H-pyrrole nitrogens is 1. The molecule has 18 heavy (non-hydrogen) atoms. The fourth-order valence-corrected chi connectivity index (χ4v) is 2.50. The van der Waals surface area contributed by atoms with Gasteiger partial charge in [-0.25, -0.2) is 4.98 Å². The van der Waals surface area contributed by atoms with Gasteiger partial charge in [0.1, 0.15) is 17.6 Å². The molecule has 0 radical (unpaired) electrons. The second-order valence-electron chi connectivity index (χ2n) is 4.85. The molecule has 1 aliphatic rings. The number of nitrogens with zero attached hydrogens (tertiary/aromatic N) is 4. The zero-order valence-corrected chi connectivity index (χ0v) is 10.5. The van der Waals surface area contributed by atoms with Crippen LogP contribution in [0.2, 0.25) is 0 Å². The predicted octanol–water partition coefficient (Wildman–Crippen LogP) is 1.24. The zero-order valence-electron chi connectivity index (χ0n) is 10.5. The highest BCUT2D eigenvalue weighted by Crippen LogP contribution is 2.37. The number of amides is 1. The topological polar surface area (TPSA) is 85.7 Å². The van der Waals surface area contributed by atoms with Crippen LogP contribution in [-0.2, 0) is 11.3 Å². The normalized spacial score (nSPS) is 18.0. The van der Waals surface area contributed by atoms with Crippen LogP contribution in [0.1, 0.15) is 37.9 Å². The van der Waals surface area contributed by atoms with Gasteiger partial charge in [0, 0.05) is 7.05 Å². The Balaban J connectivity index is 2.07. The second kappa shape index (κ2) is 5.17. The lowest BCUT2D eigenvalue weighted by Gasteiger charge is -2.32. The molecule has 0 bridgehead atoms. The molecule has 1 N–H and O–H groups in total. The van der Waals surface area contributed by atoms with Crippen LogP contribution >= 0.6 is 0 Å². The number of carbonyl (C=O) groups excluding carboxylic acids is 1. The Kier molecular flexibility index (Phi) is 3.60. The fourth-order valence-electron chi connectivity index (χ4n) is 2.50. The molecule has 1 saturated carbocycles. The van der Waals surface area contributed by atoms with Gasteiger partial charge in [0.05, 0.1) is 12.6 Å². The third-order valence-corrected chi connectivity index (χ3v) is 3.53. The summed E-state index contributed by atoms with van der Waals surface area (Å²) in [6.07, 6.45) is 5.77. The fraction of sp³-hybridized carbons (Fsp3) is 0.667. The lowest BCUT2D eigenvalue weighted by molar-refractivity contribution is -0.139. The summed E-state index contributed by atoms with van der Waals surface area (Å²) >= 11 is 0. The van der Waals surface area contributed by atoms with Gasteiger partial charge in [-0.05, 0) is 12.8 Å². The van der Waals surface area contributed by atoms with Crippen LogP contribution in [0.15, 0.2) is 6.33 Å². The number of nitrogens with one attached hydrogen (secondary N) is 1. The first-order valence-electron chi connectivity index (χ1n) is 6.19. The number of rotatable bonds is 3. The minimum atomic E-state index is -0.826. The molecule has 1 fully saturated rings. The Morgan fingerprint density at radius 2 is 2.28 bits per heavy atom.